The summed E-state index contributed by atoms with van der Waals surface area (Å²) in [6.45, 7) is 1.37. The van der Waals surface area contributed by atoms with Gasteiger partial charge in [-0.1, -0.05) is 31.8 Å². The van der Waals surface area contributed by atoms with E-state index in [0.717, 1.165) is 38.5 Å². The third kappa shape index (κ3) is 8.80. The van der Waals surface area contributed by atoms with E-state index in [4.69, 9.17) is 19.3 Å². The van der Waals surface area contributed by atoms with E-state index in [1.807, 2.05) is 0 Å². The van der Waals surface area contributed by atoms with Gasteiger partial charge in [-0.05, 0) is 49.1 Å². The molecule has 0 spiro atoms. The molecular formula is C25H34N2O7. The second-order valence-electron chi connectivity index (χ2n) is 7.81. The third-order valence-corrected chi connectivity index (χ3v) is 5.31. The van der Waals surface area contributed by atoms with Crippen molar-refractivity contribution in [2.75, 3.05) is 33.9 Å². The van der Waals surface area contributed by atoms with Crippen LogP contribution in [0.1, 0.15) is 50.5 Å². The SMILES string of the molecule is COc1cc(C=CC(=O)N2CCC=CC2=O)cc(OC)c1OCCCCCCCCNC(=O)O. The minimum Gasteiger partial charge on any atom is -0.493 e. The molecular weight excluding hydrogens is 440 g/mol. The first kappa shape index (κ1) is 26.8. The van der Waals surface area contributed by atoms with Gasteiger partial charge in [0.05, 0.1) is 20.8 Å². The second-order valence-corrected chi connectivity index (χ2v) is 7.81. The Morgan fingerprint density at radius 1 is 1.06 bits per heavy atom. The van der Waals surface area contributed by atoms with E-state index >= 15 is 0 Å². The van der Waals surface area contributed by atoms with Crippen molar-refractivity contribution < 1.29 is 33.7 Å². The molecule has 0 bridgehead atoms. The first-order chi connectivity index (χ1) is 16.5. The largest absolute Gasteiger partial charge is 0.493 e. The van der Waals surface area contributed by atoms with Crippen LogP contribution in [0.15, 0.2) is 30.4 Å². The highest BCUT2D eigenvalue weighted by molar-refractivity contribution is 6.06. The zero-order valence-corrected chi connectivity index (χ0v) is 19.9. The summed E-state index contributed by atoms with van der Waals surface area (Å²) in [7, 11) is 3.08. The number of unbranched alkanes of at least 4 members (excludes halogenated alkanes) is 5. The molecule has 1 aromatic rings. The number of hydrogen-bond acceptors (Lipinski definition) is 6. The zero-order chi connectivity index (χ0) is 24.8. The number of methoxy groups -OCH3 is 2. The maximum atomic E-state index is 12.4. The molecule has 1 aromatic carbocycles. The summed E-state index contributed by atoms with van der Waals surface area (Å²) in [6, 6.07) is 3.51. The monoisotopic (exact) mass is 474 g/mol. The number of nitrogens with zero attached hydrogens (tertiary/aromatic N) is 1. The number of carboxylic acid groups (broad SMARTS) is 1. The van der Waals surface area contributed by atoms with E-state index in [9.17, 15) is 14.4 Å². The Labute approximate surface area is 200 Å². The Balaban J connectivity index is 1.85. The van der Waals surface area contributed by atoms with E-state index in [2.05, 4.69) is 5.32 Å². The van der Waals surface area contributed by atoms with E-state index in [1.54, 1.807) is 24.3 Å². The van der Waals surface area contributed by atoms with Gasteiger partial charge in [-0.15, -0.1) is 0 Å². The van der Waals surface area contributed by atoms with Crippen LogP contribution in [-0.4, -0.2) is 61.8 Å². The predicted molar refractivity (Wildman–Crippen MR) is 128 cm³/mol. The topological polar surface area (TPSA) is 114 Å². The molecule has 3 amide bonds. The normalized spacial score (nSPS) is 13.2. The van der Waals surface area contributed by atoms with Crippen LogP contribution < -0.4 is 19.5 Å². The van der Waals surface area contributed by atoms with Crippen LogP contribution in [0.3, 0.4) is 0 Å². The number of benzene rings is 1. The lowest BCUT2D eigenvalue weighted by atomic mass is 10.1. The fourth-order valence-electron chi connectivity index (χ4n) is 3.51. The van der Waals surface area contributed by atoms with Gasteiger partial charge in [-0.3, -0.25) is 14.5 Å². The summed E-state index contributed by atoms with van der Waals surface area (Å²) in [5, 5.41) is 10.9. The molecule has 2 N–H and O–H groups in total. The van der Waals surface area contributed by atoms with Gasteiger partial charge in [0.1, 0.15) is 0 Å². The highest BCUT2D eigenvalue weighted by Crippen LogP contribution is 2.39. The highest BCUT2D eigenvalue weighted by atomic mass is 16.5. The number of carbonyl (C=O) groups excluding carboxylic acids is 2. The van der Waals surface area contributed by atoms with Crippen molar-refractivity contribution in [3.8, 4) is 17.2 Å². The molecule has 1 aliphatic heterocycles. The molecule has 0 unspecified atom stereocenters. The molecule has 34 heavy (non-hydrogen) atoms. The van der Waals surface area contributed by atoms with E-state index in [0.29, 0.717) is 48.9 Å². The summed E-state index contributed by atoms with van der Waals surface area (Å²) in [5.74, 6) is 0.814. The number of hydrogen-bond donors (Lipinski definition) is 2. The average Bonchev–Trinajstić information content (AvgIpc) is 2.83. The molecule has 1 heterocycles. The fraction of sp³-hybridized carbons (Fsp3) is 0.480. The molecule has 0 atom stereocenters. The Morgan fingerprint density at radius 3 is 2.32 bits per heavy atom. The number of ether oxygens (including phenoxy) is 3. The lowest BCUT2D eigenvalue weighted by Gasteiger charge is -2.19. The van der Waals surface area contributed by atoms with Gasteiger partial charge in [0, 0.05) is 19.2 Å². The molecule has 186 valence electrons. The molecule has 0 aliphatic carbocycles. The molecule has 9 heteroatoms. The Bertz CT molecular complexity index is 870. The van der Waals surface area contributed by atoms with Gasteiger partial charge in [0.2, 0.25) is 5.75 Å². The standard InChI is InChI=1S/C25H34N2O7/c1-32-20-17-19(12-13-23(29)27-15-9-7-11-22(27)28)18-21(33-2)24(20)34-16-10-6-4-3-5-8-14-26-25(30)31/h7,11-13,17-18,26H,3-6,8-10,14-16H2,1-2H3,(H,30,31). The summed E-state index contributed by atoms with van der Waals surface area (Å²) in [4.78, 5) is 35.8. The van der Waals surface area contributed by atoms with Crippen LogP contribution in [0.25, 0.3) is 6.08 Å². The lowest BCUT2D eigenvalue weighted by molar-refractivity contribution is -0.139. The molecule has 2 rings (SSSR count). The fourth-order valence-corrected chi connectivity index (χ4v) is 3.51. The van der Waals surface area contributed by atoms with Crippen LogP contribution >= 0.6 is 0 Å². The summed E-state index contributed by atoms with van der Waals surface area (Å²) in [5.41, 5.74) is 0.687. The minimum atomic E-state index is -0.979. The first-order valence-corrected chi connectivity index (χ1v) is 11.5. The van der Waals surface area contributed by atoms with Crippen molar-refractivity contribution in [2.24, 2.45) is 0 Å². The van der Waals surface area contributed by atoms with E-state index < -0.39 is 6.09 Å². The molecule has 1 aliphatic rings. The van der Waals surface area contributed by atoms with Crippen LogP contribution in [-0.2, 0) is 9.59 Å². The molecule has 9 nitrogen and oxygen atoms in total. The summed E-state index contributed by atoms with van der Waals surface area (Å²) >= 11 is 0. The molecule has 0 saturated heterocycles. The van der Waals surface area contributed by atoms with Crippen LogP contribution in [0.5, 0.6) is 17.2 Å². The second kappa shape index (κ2) is 14.6. The lowest BCUT2D eigenvalue weighted by Crippen LogP contribution is -2.37. The highest BCUT2D eigenvalue weighted by Gasteiger charge is 2.19. The van der Waals surface area contributed by atoms with Gasteiger partial charge < -0.3 is 24.6 Å². The van der Waals surface area contributed by atoms with Gasteiger partial charge in [-0.25, -0.2) is 4.79 Å². The van der Waals surface area contributed by atoms with E-state index in [-0.39, 0.29) is 11.8 Å². The third-order valence-electron chi connectivity index (χ3n) is 5.31. The van der Waals surface area contributed by atoms with E-state index in [1.165, 1.54) is 31.3 Å². The quantitative estimate of drug-likeness (QED) is 0.309. The van der Waals surface area contributed by atoms with Crippen molar-refractivity contribution in [2.45, 2.75) is 44.9 Å². The Hall–Kier alpha value is -3.49. The maximum Gasteiger partial charge on any atom is 0.404 e. The predicted octanol–water partition coefficient (Wildman–Crippen LogP) is 4.02. The van der Waals surface area contributed by atoms with Crippen LogP contribution in [0.2, 0.25) is 0 Å². The Morgan fingerprint density at radius 2 is 1.71 bits per heavy atom. The van der Waals surface area contributed by atoms with Crippen LogP contribution in [0, 0.1) is 0 Å². The van der Waals surface area contributed by atoms with Gasteiger partial charge in [0.15, 0.2) is 11.5 Å². The average molecular weight is 475 g/mol. The van der Waals surface area contributed by atoms with Crippen molar-refractivity contribution in [1.82, 2.24) is 10.2 Å². The first-order valence-electron chi connectivity index (χ1n) is 11.5. The van der Waals surface area contributed by atoms with Crippen LogP contribution in [0.4, 0.5) is 4.79 Å². The number of amides is 3. The van der Waals surface area contributed by atoms with Gasteiger partial charge in [0.25, 0.3) is 11.8 Å². The van der Waals surface area contributed by atoms with Gasteiger partial charge >= 0.3 is 6.09 Å². The number of rotatable bonds is 14. The minimum absolute atomic E-state index is 0.310. The summed E-state index contributed by atoms with van der Waals surface area (Å²) < 4.78 is 16.9. The van der Waals surface area contributed by atoms with Crippen molar-refractivity contribution >= 4 is 24.0 Å². The number of carbonyl (C=O) groups is 3. The molecule has 0 radical (unpaired) electrons. The zero-order valence-electron chi connectivity index (χ0n) is 19.9. The Kier molecular flexibility index (Phi) is 11.5. The van der Waals surface area contributed by atoms with Crippen molar-refractivity contribution in [3.63, 3.8) is 0 Å². The maximum absolute atomic E-state index is 12.4. The summed E-state index contributed by atoms with van der Waals surface area (Å²) in [6.07, 6.45) is 11.6. The molecule has 0 aromatic heterocycles. The smallest absolute Gasteiger partial charge is 0.404 e. The number of nitrogens with one attached hydrogen (secondary N) is 1. The molecule has 0 fully saturated rings. The van der Waals surface area contributed by atoms with Crippen molar-refractivity contribution in [1.29, 1.82) is 0 Å². The van der Waals surface area contributed by atoms with Gasteiger partial charge in [-0.2, -0.15) is 0 Å². The van der Waals surface area contributed by atoms with Crippen molar-refractivity contribution in [3.05, 3.63) is 35.9 Å². The number of imide groups is 1. The molecule has 0 saturated carbocycles.